The number of hydrogen-bond donors (Lipinski definition) is 0. The van der Waals surface area contributed by atoms with Gasteiger partial charge in [-0.15, -0.1) is 0 Å². The molecule has 1 atom stereocenters. The SMILES string of the molecule is CCC(C)c1cc(-c2cc3c(C)cccn3c2C=O)ccc1OC. The first-order valence-electron chi connectivity index (χ1n) is 8.34. The van der Waals surface area contributed by atoms with Crippen LogP contribution in [0.1, 0.15) is 47.8 Å². The van der Waals surface area contributed by atoms with Crippen LogP contribution in [0, 0.1) is 6.92 Å². The Morgan fingerprint density at radius 1 is 1.25 bits per heavy atom. The van der Waals surface area contributed by atoms with Crippen molar-refractivity contribution >= 4 is 11.8 Å². The van der Waals surface area contributed by atoms with E-state index in [4.69, 9.17) is 4.74 Å². The van der Waals surface area contributed by atoms with Crippen molar-refractivity contribution in [1.82, 2.24) is 4.40 Å². The van der Waals surface area contributed by atoms with E-state index < -0.39 is 0 Å². The van der Waals surface area contributed by atoms with Crippen LogP contribution in [0.3, 0.4) is 0 Å². The predicted octanol–water partition coefficient (Wildman–Crippen LogP) is 5.25. The summed E-state index contributed by atoms with van der Waals surface area (Å²) < 4.78 is 7.48. The van der Waals surface area contributed by atoms with Gasteiger partial charge < -0.3 is 9.14 Å². The maximum absolute atomic E-state index is 11.7. The standard InChI is InChI=1S/C21H23NO2/c1-5-14(2)17-11-16(8-9-21(17)24-4)18-12-19-15(3)7-6-10-22(19)20(18)13-23/h6-14H,5H2,1-4H3. The minimum Gasteiger partial charge on any atom is -0.496 e. The molecule has 0 N–H and O–H groups in total. The monoisotopic (exact) mass is 321 g/mol. The van der Waals surface area contributed by atoms with E-state index in [1.165, 1.54) is 5.56 Å². The maximum atomic E-state index is 11.7. The lowest BCUT2D eigenvalue weighted by Gasteiger charge is -2.15. The zero-order valence-corrected chi connectivity index (χ0v) is 14.7. The third kappa shape index (κ3) is 2.60. The molecule has 0 spiro atoms. The largest absolute Gasteiger partial charge is 0.496 e. The molecule has 0 aliphatic carbocycles. The van der Waals surface area contributed by atoms with E-state index in [9.17, 15) is 4.79 Å². The molecule has 0 amide bonds. The Labute approximate surface area is 142 Å². The second kappa shape index (κ2) is 6.52. The molecule has 3 heteroatoms. The van der Waals surface area contributed by atoms with Crippen molar-refractivity contribution in [2.75, 3.05) is 7.11 Å². The molecule has 0 saturated heterocycles. The molecule has 0 aliphatic heterocycles. The highest BCUT2D eigenvalue weighted by Crippen LogP contribution is 2.35. The Morgan fingerprint density at radius 2 is 2.04 bits per heavy atom. The molecule has 0 radical (unpaired) electrons. The number of aldehydes is 1. The summed E-state index contributed by atoms with van der Waals surface area (Å²) in [6.07, 6.45) is 3.92. The number of fused-ring (bicyclic) bond motifs is 1. The highest BCUT2D eigenvalue weighted by atomic mass is 16.5. The second-order valence-electron chi connectivity index (χ2n) is 6.27. The number of carbonyl (C=O) groups is 1. The first-order valence-corrected chi connectivity index (χ1v) is 8.34. The molecule has 24 heavy (non-hydrogen) atoms. The van der Waals surface area contributed by atoms with Crippen molar-refractivity contribution in [3.8, 4) is 16.9 Å². The van der Waals surface area contributed by atoms with Gasteiger partial charge in [0.1, 0.15) is 5.75 Å². The van der Waals surface area contributed by atoms with Crippen LogP contribution in [0.2, 0.25) is 0 Å². The Hall–Kier alpha value is -2.55. The number of benzene rings is 1. The van der Waals surface area contributed by atoms with Gasteiger partial charge in [-0.3, -0.25) is 4.79 Å². The Balaban J connectivity index is 2.24. The smallest absolute Gasteiger partial charge is 0.167 e. The van der Waals surface area contributed by atoms with Gasteiger partial charge in [0.2, 0.25) is 0 Å². The van der Waals surface area contributed by atoms with Gasteiger partial charge in [0.15, 0.2) is 6.29 Å². The number of ether oxygens (including phenoxy) is 1. The lowest BCUT2D eigenvalue weighted by molar-refractivity contribution is 0.111. The van der Waals surface area contributed by atoms with E-state index >= 15 is 0 Å². The molecule has 3 nitrogen and oxygen atoms in total. The van der Waals surface area contributed by atoms with Crippen LogP contribution in [-0.2, 0) is 0 Å². The van der Waals surface area contributed by atoms with Crippen LogP contribution < -0.4 is 4.74 Å². The molecular weight excluding hydrogens is 298 g/mol. The van der Waals surface area contributed by atoms with Crippen LogP contribution in [-0.4, -0.2) is 17.8 Å². The molecule has 0 aliphatic rings. The van der Waals surface area contributed by atoms with E-state index in [-0.39, 0.29) is 0 Å². The van der Waals surface area contributed by atoms with Gasteiger partial charge in [-0.05, 0) is 60.2 Å². The summed E-state index contributed by atoms with van der Waals surface area (Å²) in [6, 6.07) is 12.3. The fraction of sp³-hybridized carbons (Fsp3) is 0.286. The van der Waals surface area contributed by atoms with Gasteiger partial charge in [0.25, 0.3) is 0 Å². The van der Waals surface area contributed by atoms with Crippen molar-refractivity contribution in [2.24, 2.45) is 0 Å². The molecule has 3 aromatic rings. The van der Waals surface area contributed by atoms with Gasteiger partial charge >= 0.3 is 0 Å². The average Bonchev–Trinajstić information content (AvgIpc) is 3.00. The molecule has 0 bridgehead atoms. The molecular formula is C21H23NO2. The lowest BCUT2D eigenvalue weighted by atomic mass is 9.93. The maximum Gasteiger partial charge on any atom is 0.167 e. The third-order valence-corrected chi connectivity index (χ3v) is 4.86. The van der Waals surface area contributed by atoms with Crippen molar-refractivity contribution in [3.05, 3.63) is 59.4 Å². The number of methoxy groups -OCH3 is 1. The summed E-state index contributed by atoms with van der Waals surface area (Å²) in [5, 5.41) is 0. The first-order chi connectivity index (χ1) is 11.6. The topological polar surface area (TPSA) is 30.7 Å². The van der Waals surface area contributed by atoms with Crippen molar-refractivity contribution in [2.45, 2.75) is 33.1 Å². The summed E-state index contributed by atoms with van der Waals surface area (Å²) in [7, 11) is 1.70. The summed E-state index contributed by atoms with van der Waals surface area (Å²) >= 11 is 0. The summed E-state index contributed by atoms with van der Waals surface area (Å²) in [6.45, 7) is 6.43. The van der Waals surface area contributed by atoms with Gasteiger partial charge in [0, 0.05) is 17.3 Å². The fourth-order valence-electron chi connectivity index (χ4n) is 3.22. The second-order valence-corrected chi connectivity index (χ2v) is 6.27. The number of aromatic nitrogens is 1. The summed E-state index contributed by atoms with van der Waals surface area (Å²) in [5.41, 5.74) is 6.11. The highest BCUT2D eigenvalue weighted by Gasteiger charge is 2.16. The molecule has 124 valence electrons. The van der Waals surface area contributed by atoms with Crippen LogP contribution in [0.5, 0.6) is 5.75 Å². The Bertz CT molecular complexity index is 892. The van der Waals surface area contributed by atoms with E-state index in [0.29, 0.717) is 11.6 Å². The zero-order chi connectivity index (χ0) is 17.3. The number of aryl methyl sites for hydroxylation is 1. The molecule has 1 aromatic carbocycles. The van der Waals surface area contributed by atoms with Gasteiger partial charge in [-0.2, -0.15) is 0 Å². The van der Waals surface area contributed by atoms with Crippen molar-refractivity contribution < 1.29 is 9.53 Å². The number of nitrogens with zero attached hydrogens (tertiary/aromatic N) is 1. The minimum atomic E-state index is 0.401. The molecule has 2 heterocycles. The zero-order valence-electron chi connectivity index (χ0n) is 14.7. The van der Waals surface area contributed by atoms with E-state index in [1.807, 2.05) is 28.8 Å². The van der Waals surface area contributed by atoms with E-state index in [0.717, 1.165) is 40.7 Å². The van der Waals surface area contributed by atoms with Crippen molar-refractivity contribution in [1.29, 1.82) is 0 Å². The molecule has 2 aromatic heterocycles. The van der Waals surface area contributed by atoms with E-state index in [1.54, 1.807) is 7.11 Å². The lowest BCUT2D eigenvalue weighted by Crippen LogP contribution is -1.98. The van der Waals surface area contributed by atoms with Crippen LogP contribution in [0.25, 0.3) is 16.6 Å². The summed E-state index contributed by atoms with van der Waals surface area (Å²) in [5.74, 6) is 1.30. The number of hydrogen-bond acceptors (Lipinski definition) is 2. The molecule has 3 rings (SSSR count). The molecule has 0 fully saturated rings. The predicted molar refractivity (Wildman–Crippen MR) is 98.2 cm³/mol. The quantitative estimate of drug-likeness (QED) is 0.601. The number of carbonyl (C=O) groups excluding carboxylic acids is 1. The minimum absolute atomic E-state index is 0.401. The normalized spacial score (nSPS) is 12.3. The molecule has 0 saturated carbocycles. The molecule has 1 unspecified atom stereocenters. The fourth-order valence-corrected chi connectivity index (χ4v) is 3.22. The van der Waals surface area contributed by atoms with Crippen LogP contribution >= 0.6 is 0 Å². The first kappa shape index (κ1) is 16.3. The van der Waals surface area contributed by atoms with Crippen LogP contribution in [0.4, 0.5) is 0 Å². The van der Waals surface area contributed by atoms with E-state index in [2.05, 4.69) is 39.0 Å². The Morgan fingerprint density at radius 3 is 2.71 bits per heavy atom. The summed E-state index contributed by atoms with van der Waals surface area (Å²) in [4.78, 5) is 11.7. The number of pyridine rings is 1. The Kier molecular flexibility index (Phi) is 4.43. The highest BCUT2D eigenvalue weighted by molar-refractivity contribution is 5.90. The van der Waals surface area contributed by atoms with Crippen LogP contribution in [0.15, 0.2) is 42.6 Å². The van der Waals surface area contributed by atoms with Gasteiger partial charge in [-0.25, -0.2) is 0 Å². The van der Waals surface area contributed by atoms with Gasteiger partial charge in [0.05, 0.1) is 12.8 Å². The van der Waals surface area contributed by atoms with Crippen molar-refractivity contribution in [3.63, 3.8) is 0 Å². The number of rotatable bonds is 5. The van der Waals surface area contributed by atoms with Gasteiger partial charge in [-0.1, -0.05) is 26.0 Å². The average molecular weight is 321 g/mol. The third-order valence-electron chi connectivity index (χ3n) is 4.86.